The van der Waals surface area contributed by atoms with E-state index in [0.717, 1.165) is 22.3 Å². The zero-order chi connectivity index (χ0) is 18.7. The van der Waals surface area contributed by atoms with Crippen molar-refractivity contribution < 1.29 is 9.59 Å². The van der Waals surface area contributed by atoms with Crippen LogP contribution < -0.4 is 0 Å². The predicted octanol–water partition coefficient (Wildman–Crippen LogP) is 3.07. The first-order valence-electron chi connectivity index (χ1n) is 9.89. The normalized spacial score (nSPS) is 35.6. The standard InChI is InChI=1S/C24H18N2O2/c27-21-17-7-2-4-9-19(17)24-15-11-12-23(20(24)10-5-13-25(21)24)18-8-3-1-6-16(18)22(28)26(23)14-15/h1-12,15,20H,13-14H2/t15-,20+,23+,24-/m1/s1. The van der Waals surface area contributed by atoms with Gasteiger partial charge in [0.15, 0.2) is 0 Å². The Morgan fingerprint density at radius 2 is 1.50 bits per heavy atom. The molecule has 2 amide bonds. The second-order valence-corrected chi connectivity index (χ2v) is 8.44. The van der Waals surface area contributed by atoms with Crippen LogP contribution in [0.15, 0.2) is 72.8 Å². The van der Waals surface area contributed by atoms with Gasteiger partial charge in [-0.05, 0) is 23.3 Å². The molecule has 0 unspecified atom stereocenters. The molecular weight excluding hydrogens is 348 g/mol. The fourth-order valence-corrected chi connectivity index (χ4v) is 6.75. The Morgan fingerprint density at radius 1 is 0.821 bits per heavy atom. The Labute approximate surface area is 162 Å². The van der Waals surface area contributed by atoms with Gasteiger partial charge in [0.25, 0.3) is 11.8 Å². The molecule has 0 radical (unpaired) electrons. The van der Waals surface area contributed by atoms with E-state index in [2.05, 4.69) is 46.2 Å². The van der Waals surface area contributed by atoms with Gasteiger partial charge in [-0.1, -0.05) is 60.7 Å². The molecule has 2 aromatic carbocycles. The maximum Gasteiger partial charge on any atom is 0.255 e. The maximum atomic E-state index is 13.3. The number of benzene rings is 2. The number of carbonyl (C=O) groups excluding carboxylic acids is 2. The van der Waals surface area contributed by atoms with E-state index in [1.54, 1.807) is 0 Å². The third-order valence-corrected chi connectivity index (χ3v) is 7.65. The Morgan fingerprint density at radius 3 is 2.32 bits per heavy atom. The van der Waals surface area contributed by atoms with E-state index in [4.69, 9.17) is 0 Å². The molecule has 2 bridgehead atoms. The molecule has 2 spiro atoms. The van der Waals surface area contributed by atoms with Crippen LogP contribution in [0.4, 0.5) is 0 Å². The minimum atomic E-state index is -0.519. The molecule has 1 saturated heterocycles. The summed E-state index contributed by atoms with van der Waals surface area (Å²) in [5.41, 5.74) is 2.88. The number of amides is 2. The molecule has 6 aliphatic rings. The average Bonchev–Trinajstić information content (AvgIpc) is 3.17. The summed E-state index contributed by atoms with van der Waals surface area (Å²) >= 11 is 0. The Kier molecular flexibility index (Phi) is 2.37. The van der Waals surface area contributed by atoms with Crippen molar-refractivity contribution >= 4 is 11.8 Å². The van der Waals surface area contributed by atoms with Gasteiger partial charge in [-0.15, -0.1) is 0 Å². The molecule has 8 rings (SSSR count). The van der Waals surface area contributed by atoms with Crippen LogP contribution in [0.3, 0.4) is 0 Å². The van der Waals surface area contributed by atoms with Crippen LogP contribution in [-0.4, -0.2) is 34.7 Å². The van der Waals surface area contributed by atoms with Crippen LogP contribution in [0, 0.1) is 11.8 Å². The van der Waals surface area contributed by atoms with Crippen LogP contribution in [0.1, 0.15) is 31.8 Å². The third-order valence-electron chi connectivity index (χ3n) is 7.65. The molecule has 0 saturated carbocycles. The molecule has 4 heteroatoms. The van der Waals surface area contributed by atoms with Crippen molar-refractivity contribution in [1.29, 1.82) is 0 Å². The second kappa shape index (κ2) is 4.46. The number of nitrogens with zero attached hydrogens (tertiary/aromatic N) is 2. The van der Waals surface area contributed by atoms with Gasteiger partial charge >= 0.3 is 0 Å². The maximum absolute atomic E-state index is 13.3. The molecule has 0 aromatic heterocycles. The zero-order valence-electron chi connectivity index (χ0n) is 15.2. The average molecular weight is 366 g/mol. The monoisotopic (exact) mass is 366 g/mol. The highest BCUT2D eigenvalue weighted by Gasteiger charge is 2.71. The number of carbonyl (C=O) groups is 2. The minimum absolute atomic E-state index is 0.0118. The molecule has 136 valence electrons. The summed E-state index contributed by atoms with van der Waals surface area (Å²) in [5, 5.41) is 0. The van der Waals surface area contributed by atoms with E-state index in [0.29, 0.717) is 13.1 Å². The van der Waals surface area contributed by atoms with Crippen molar-refractivity contribution in [3.63, 3.8) is 0 Å². The number of fused-ring (bicyclic) bond motifs is 2. The topological polar surface area (TPSA) is 40.6 Å². The van der Waals surface area contributed by atoms with Gasteiger partial charge in [0.1, 0.15) is 0 Å². The molecule has 4 nitrogen and oxygen atoms in total. The van der Waals surface area contributed by atoms with Crippen LogP contribution in [0.2, 0.25) is 0 Å². The number of rotatable bonds is 0. The predicted molar refractivity (Wildman–Crippen MR) is 104 cm³/mol. The van der Waals surface area contributed by atoms with Crippen molar-refractivity contribution in [2.75, 3.05) is 13.1 Å². The largest absolute Gasteiger partial charge is 0.324 e. The zero-order valence-corrected chi connectivity index (χ0v) is 15.2. The van der Waals surface area contributed by atoms with Gasteiger partial charge in [-0.2, -0.15) is 0 Å². The fourth-order valence-electron chi connectivity index (χ4n) is 6.75. The Hall–Kier alpha value is -3.14. The summed E-state index contributed by atoms with van der Waals surface area (Å²) in [5.74, 6) is 0.335. The smallest absolute Gasteiger partial charge is 0.255 e. The van der Waals surface area contributed by atoms with E-state index >= 15 is 0 Å². The first-order chi connectivity index (χ1) is 13.7. The van der Waals surface area contributed by atoms with E-state index in [1.165, 1.54) is 0 Å². The fraction of sp³-hybridized carbons (Fsp3) is 0.250. The Balaban J connectivity index is 1.59. The Bertz CT molecular complexity index is 1160. The summed E-state index contributed by atoms with van der Waals surface area (Å²) in [4.78, 5) is 30.7. The first kappa shape index (κ1) is 14.9. The lowest BCUT2D eigenvalue weighted by Gasteiger charge is -2.64. The third kappa shape index (κ3) is 1.27. The van der Waals surface area contributed by atoms with Crippen LogP contribution in [0.5, 0.6) is 0 Å². The van der Waals surface area contributed by atoms with E-state index in [9.17, 15) is 9.59 Å². The van der Waals surface area contributed by atoms with Gasteiger partial charge < -0.3 is 9.80 Å². The highest BCUT2D eigenvalue weighted by Crippen LogP contribution is 2.66. The van der Waals surface area contributed by atoms with E-state index in [-0.39, 0.29) is 23.7 Å². The lowest BCUT2D eigenvalue weighted by atomic mass is 9.53. The van der Waals surface area contributed by atoms with Crippen LogP contribution in [-0.2, 0) is 11.1 Å². The minimum Gasteiger partial charge on any atom is -0.324 e. The second-order valence-electron chi connectivity index (χ2n) is 8.44. The van der Waals surface area contributed by atoms with Crippen molar-refractivity contribution in [1.82, 2.24) is 9.80 Å². The van der Waals surface area contributed by atoms with Crippen molar-refractivity contribution in [3.8, 4) is 0 Å². The SMILES string of the molecule is O=C1c2ccccc2[C@]23[C@@H]4C=C[C@]5(c6ccccc6C(=O)N5C4)[C@@H]2C=CCN13. The first-order valence-corrected chi connectivity index (χ1v) is 9.89. The summed E-state index contributed by atoms with van der Waals surface area (Å²) in [7, 11) is 0. The molecule has 2 aromatic rings. The molecular formula is C24H18N2O2. The van der Waals surface area contributed by atoms with Gasteiger partial charge in [0.2, 0.25) is 0 Å². The van der Waals surface area contributed by atoms with Gasteiger partial charge in [-0.25, -0.2) is 0 Å². The van der Waals surface area contributed by atoms with E-state index in [1.807, 2.05) is 36.4 Å². The van der Waals surface area contributed by atoms with Gasteiger partial charge in [-0.3, -0.25) is 9.59 Å². The molecule has 1 fully saturated rings. The molecule has 4 atom stereocenters. The summed E-state index contributed by atoms with van der Waals surface area (Å²) in [6, 6.07) is 16.1. The number of hydrogen-bond acceptors (Lipinski definition) is 2. The van der Waals surface area contributed by atoms with E-state index < -0.39 is 11.1 Å². The number of hydrogen-bond donors (Lipinski definition) is 0. The summed E-state index contributed by atoms with van der Waals surface area (Å²) in [6.45, 7) is 1.27. The van der Waals surface area contributed by atoms with Gasteiger partial charge in [0.05, 0.1) is 11.1 Å². The highest BCUT2D eigenvalue weighted by molar-refractivity contribution is 6.03. The highest BCUT2D eigenvalue weighted by atomic mass is 16.2. The van der Waals surface area contributed by atoms with Crippen LogP contribution >= 0.6 is 0 Å². The lowest BCUT2D eigenvalue weighted by Crippen LogP contribution is -2.71. The number of piperidine rings is 1. The van der Waals surface area contributed by atoms with Crippen molar-refractivity contribution in [2.45, 2.75) is 11.1 Å². The van der Waals surface area contributed by atoms with Crippen molar-refractivity contribution in [2.24, 2.45) is 11.8 Å². The van der Waals surface area contributed by atoms with Gasteiger partial charge in [0, 0.05) is 36.1 Å². The quantitative estimate of drug-likeness (QED) is 0.673. The molecule has 0 N–H and O–H groups in total. The molecule has 1 aliphatic carbocycles. The van der Waals surface area contributed by atoms with Crippen LogP contribution in [0.25, 0.3) is 0 Å². The molecule has 28 heavy (non-hydrogen) atoms. The molecule has 5 heterocycles. The van der Waals surface area contributed by atoms with Crippen molar-refractivity contribution in [3.05, 3.63) is 95.1 Å². The molecule has 5 aliphatic heterocycles. The summed E-state index contributed by atoms with van der Waals surface area (Å²) < 4.78 is 0. The summed E-state index contributed by atoms with van der Waals surface area (Å²) in [6.07, 6.45) is 8.88. The lowest BCUT2D eigenvalue weighted by molar-refractivity contribution is -0.0820.